The standard InChI is InChI=1S/C27H30N4O5S3/c1-4-6-14-31-22-13-12-19(39(28,34)35)15-21(22)29-27(31)38-17(3)24(32)30-25-23(26(33)36-5-2)20(16-37-25)18-10-8-7-9-11-18/h7-13,15-17H,4-6,14H2,1-3H3,(H,30,32)(H2,28,34,35)/t17-/m0/s1. The molecule has 0 radical (unpaired) electrons. The van der Waals surface area contributed by atoms with Crippen LogP contribution in [-0.4, -0.2) is 41.7 Å². The lowest BCUT2D eigenvalue weighted by Crippen LogP contribution is -2.23. The maximum Gasteiger partial charge on any atom is 0.341 e. The minimum absolute atomic E-state index is 0.0177. The van der Waals surface area contributed by atoms with E-state index in [2.05, 4.69) is 17.2 Å². The van der Waals surface area contributed by atoms with Crippen LogP contribution in [0.4, 0.5) is 5.00 Å². The van der Waals surface area contributed by atoms with Crippen molar-refractivity contribution in [2.75, 3.05) is 11.9 Å². The lowest BCUT2D eigenvalue weighted by molar-refractivity contribution is -0.115. The van der Waals surface area contributed by atoms with Gasteiger partial charge in [0.05, 0.1) is 27.8 Å². The third-order valence-corrected chi connectivity index (χ3v) is 8.89. The van der Waals surface area contributed by atoms with Gasteiger partial charge in [-0.3, -0.25) is 4.79 Å². The van der Waals surface area contributed by atoms with Crippen LogP contribution in [0.5, 0.6) is 0 Å². The highest BCUT2D eigenvalue weighted by Crippen LogP contribution is 2.37. The number of anilines is 1. The molecule has 2 heterocycles. The van der Waals surface area contributed by atoms with E-state index in [-0.39, 0.29) is 17.4 Å². The Morgan fingerprint density at radius 1 is 1.18 bits per heavy atom. The molecule has 2 aromatic carbocycles. The van der Waals surface area contributed by atoms with Crippen LogP contribution in [0.15, 0.2) is 64.0 Å². The van der Waals surface area contributed by atoms with E-state index >= 15 is 0 Å². The Bertz CT molecular complexity index is 1600. The second kappa shape index (κ2) is 12.3. The van der Waals surface area contributed by atoms with E-state index in [4.69, 9.17) is 9.88 Å². The SMILES string of the molecule is CCCCn1c(S[C@@H](C)C(=O)Nc2scc(-c3ccccc3)c2C(=O)OCC)nc2cc(S(N)(=O)=O)ccc21. The number of rotatable bonds is 11. The fourth-order valence-electron chi connectivity index (χ4n) is 4.00. The van der Waals surface area contributed by atoms with Crippen LogP contribution < -0.4 is 10.5 Å². The van der Waals surface area contributed by atoms with Gasteiger partial charge in [-0.15, -0.1) is 11.3 Å². The topological polar surface area (TPSA) is 133 Å². The van der Waals surface area contributed by atoms with Gasteiger partial charge in [-0.25, -0.2) is 23.3 Å². The molecule has 4 aromatic rings. The van der Waals surface area contributed by atoms with Gasteiger partial charge in [0, 0.05) is 17.5 Å². The van der Waals surface area contributed by atoms with Gasteiger partial charge >= 0.3 is 5.97 Å². The minimum Gasteiger partial charge on any atom is -0.462 e. The molecule has 3 N–H and O–H groups in total. The fourth-order valence-corrected chi connectivity index (χ4v) is 6.44. The number of nitrogens with one attached hydrogen (secondary N) is 1. The number of aromatic nitrogens is 2. The number of fused-ring (bicyclic) bond motifs is 1. The van der Waals surface area contributed by atoms with Crippen LogP contribution >= 0.6 is 23.1 Å². The number of hydrogen-bond donors (Lipinski definition) is 2. The number of primary sulfonamides is 1. The Balaban J connectivity index is 1.62. The fraction of sp³-hybridized carbons (Fsp3) is 0.296. The number of aryl methyl sites for hydroxylation is 1. The molecule has 39 heavy (non-hydrogen) atoms. The molecule has 0 saturated carbocycles. The molecule has 0 saturated heterocycles. The predicted molar refractivity (Wildman–Crippen MR) is 156 cm³/mol. The van der Waals surface area contributed by atoms with E-state index in [1.165, 1.54) is 35.2 Å². The third kappa shape index (κ3) is 6.52. The maximum atomic E-state index is 13.3. The summed E-state index contributed by atoms with van der Waals surface area (Å²) in [5.41, 5.74) is 3.12. The Labute approximate surface area is 235 Å². The van der Waals surface area contributed by atoms with E-state index in [1.54, 1.807) is 19.9 Å². The summed E-state index contributed by atoms with van der Waals surface area (Å²) in [6.07, 6.45) is 1.84. The molecule has 1 amide bonds. The van der Waals surface area contributed by atoms with Gasteiger partial charge in [0.15, 0.2) is 5.16 Å². The Hall–Kier alpha value is -3.19. The van der Waals surface area contributed by atoms with Crippen LogP contribution in [0, 0.1) is 0 Å². The number of carbonyl (C=O) groups is 2. The minimum atomic E-state index is -3.88. The summed E-state index contributed by atoms with van der Waals surface area (Å²) in [6, 6.07) is 14.1. The highest BCUT2D eigenvalue weighted by Gasteiger charge is 2.26. The van der Waals surface area contributed by atoms with Crippen molar-refractivity contribution >= 4 is 61.0 Å². The summed E-state index contributed by atoms with van der Waals surface area (Å²) in [5, 5.41) is 10.5. The molecule has 0 aliphatic heterocycles. The predicted octanol–water partition coefficient (Wildman–Crippen LogP) is 5.51. The summed E-state index contributed by atoms with van der Waals surface area (Å²) >= 11 is 2.53. The van der Waals surface area contributed by atoms with E-state index < -0.39 is 21.2 Å². The summed E-state index contributed by atoms with van der Waals surface area (Å²) in [6.45, 7) is 6.45. The molecule has 9 nitrogen and oxygen atoms in total. The smallest absolute Gasteiger partial charge is 0.341 e. The van der Waals surface area contributed by atoms with Gasteiger partial charge < -0.3 is 14.6 Å². The first kappa shape index (κ1) is 28.8. The highest BCUT2D eigenvalue weighted by atomic mass is 32.2. The van der Waals surface area contributed by atoms with Gasteiger partial charge in [-0.1, -0.05) is 55.4 Å². The van der Waals surface area contributed by atoms with Gasteiger partial charge in [0.1, 0.15) is 10.6 Å². The van der Waals surface area contributed by atoms with Gasteiger partial charge in [0.25, 0.3) is 0 Å². The van der Waals surface area contributed by atoms with Crippen molar-refractivity contribution in [3.63, 3.8) is 0 Å². The Morgan fingerprint density at radius 3 is 2.59 bits per heavy atom. The molecule has 2 aromatic heterocycles. The van der Waals surface area contributed by atoms with E-state index in [0.717, 1.165) is 23.9 Å². The largest absolute Gasteiger partial charge is 0.462 e. The number of benzene rings is 2. The first-order chi connectivity index (χ1) is 18.6. The van der Waals surface area contributed by atoms with Crippen molar-refractivity contribution in [3.8, 4) is 11.1 Å². The van der Waals surface area contributed by atoms with Crippen LogP contribution in [-0.2, 0) is 26.1 Å². The van der Waals surface area contributed by atoms with Crippen molar-refractivity contribution in [1.82, 2.24) is 9.55 Å². The van der Waals surface area contributed by atoms with Crippen molar-refractivity contribution in [2.45, 2.75) is 55.5 Å². The van der Waals surface area contributed by atoms with E-state index in [9.17, 15) is 18.0 Å². The first-order valence-corrected chi connectivity index (χ1v) is 15.8. The molecule has 4 rings (SSSR count). The van der Waals surface area contributed by atoms with Crippen LogP contribution in [0.1, 0.15) is 44.0 Å². The van der Waals surface area contributed by atoms with Crippen LogP contribution in [0.2, 0.25) is 0 Å². The van der Waals surface area contributed by atoms with E-state index in [0.29, 0.717) is 33.3 Å². The van der Waals surface area contributed by atoms with Crippen molar-refractivity contribution in [3.05, 3.63) is 59.5 Å². The number of imidazole rings is 1. The molecule has 206 valence electrons. The second-order valence-corrected chi connectivity index (χ2v) is 12.5. The number of amides is 1. The summed E-state index contributed by atoms with van der Waals surface area (Å²) in [4.78, 5) is 30.8. The first-order valence-electron chi connectivity index (χ1n) is 12.5. The second-order valence-electron chi connectivity index (χ2n) is 8.78. The summed E-state index contributed by atoms with van der Waals surface area (Å²) in [5.74, 6) is -0.799. The van der Waals surface area contributed by atoms with E-state index in [1.807, 2.05) is 40.3 Å². The Kier molecular flexibility index (Phi) is 9.11. The van der Waals surface area contributed by atoms with Crippen molar-refractivity contribution in [2.24, 2.45) is 5.14 Å². The molecule has 0 bridgehead atoms. The number of nitrogens with zero attached hydrogens (tertiary/aromatic N) is 2. The average Bonchev–Trinajstić information content (AvgIpc) is 3.48. The molecule has 0 aliphatic rings. The van der Waals surface area contributed by atoms with Crippen LogP contribution in [0.25, 0.3) is 22.2 Å². The normalized spacial score (nSPS) is 12.4. The quantitative estimate of drug-likeness (QED) is 0.175. The monoisotopic (exact) mass is 586 g/mol. The number of esters is 1. The zero-order chi connectivity index (χ0) is 28.2. The molecular formula is C27H30N4O5S3. The van der Waals surface area contributed by atoms with Crippen molar-refractivity contribution < 1.29 is 22.7 Å². The third-order valence-electron chi connectivity index (χ3n) is 5.99. The molecule has 0 spiro atoms. The number of hydrogen-bond acceptors (Lipinski definition) is 8. The van der Waals surface area contributed by atoms with Gasteiger partial charge in [-0.2, -0.15) is 0 Å². The summed E-state index contributed by atoms with van der Waals surface area (Å²) < 4.78 is 31.0. The molecule has 0 aliphatic carbocycles. The maximum absolute atomic E-state index is 13.3. The average molecular weight is 587 g/mol. The number of thioether (sulfide) groups is 1. The number of thiophene rings is 1. The van der Waals surface area contributed by atoms with Crippen molar-refractivity contribution in [1.29, 1.82) is 0 Å². The summed E-state index contributed by atoms with van der Waals surface area (Å²) in [7, 11) is -3.88. The lowest BCUT2D eigenvalue weighted by atomic mass is 10.0. The zero-order valence-electron chi connectivity index (χ0n) is 21.8. The molecule has 0 unspecified atom stereocenters. The molecule has 0 fully saturated rings. The number of sulfonamides is 1. The molecule has 12 heteroatoms. The van der Waals surface area contributed by atoms with Crippen LogP contribution in [0.3, 0.4) is 0 Å². The number of unbranched alkanes of at least 4 members (excludes halogenated alkanes) is 1. The van der Waals surface area contributed by atoms with Gasteiger partial charge in [-0.05, 0) is 44.0 Å². The number of carbonyl (C=O) groups excluding carboxylic acids is 2. The zero-order valence-corrected chi connectivity index (χ0v) is 24.3. The van der Waals surface area contributed by atoms with Gasteiger partial charge in [0.2, 0.25) is 15.9 Å². The molecular weight excluding hydrogens is 557 g/mol. The molecule has 1 atom stereocenters. The lowest BCUT2D eigenvalue weighted by Gasteiger charge is -2.14. The number of ether oxygens (including phenoxy) is 1. The Morgan fingerprint density at radius 2 is 1.92 bits per heavy atom. The number of nitrogens with two attached hydrogens (primary N) is 1. The highest BCUT2D eigenvalue weighted by molar-refractivity contribution is 8.00.